The zero-order valence-corrected chi connectivity index (χ0v) is 14.8. The number of aryl methyl sites for hydroxylation is 1. The number of piperidine rings is 1. The Morgan fingerprint density at radius 1 is 1.29 bits per heavy atom. The van der Waals surface area contributed by atoms with Crippen LogP contribution in [0.15, 0.2) is 24.3 Å². The molecule has 1 fully saturated rings. The summed E-state index contributed by atoms with van der Waals surface area (Å²) in [7, 11) is 0. The molecule has 4 rings (SSSR count). The number of anilines is 1. The molecule has 4 nitrogen and oxygen atoms in total. The summed E-state index contributed by atoms with van der Waals surface area (Å²) in [5.41, 5.74) is 9.04. The first kappa shape index (κ1) is 15.4. The molecule has 24 heavy (non-hydrogen) atoms. The van der Waals surface area contributed by atoms with Gasteiger partial charge in [0.1, 0.15) is 9.71 Å². The Labute approximate surface area is 145 Å². The lowest BCUT2D eigenvalue weighted by atomic mass is 9.99. The topological polar surface area (TPSA) is 59.2 Å². The van der Waals surface area contributed by atoms with E-state index in [9.17, 15) is 4.79 Å². The number of nitrogens with zero attached hydrogens (tertiary/aromatic N) is 2. The van der Waals surface area contributed by atoms with Crippen LogP contribution in [0.5, 0.6) is 0 Å². The zero-order valence-electron chi connectivity index (χ0n) is 14.0. The number of fused-ring (bicyclic) bond motifs is 2. The predicted octanol–water partition coefficient (Wildman–Crippen LogP) is 4.21. The standard InChI is InChI=1S/C19H21N3OS/c1-11-5-7-22(8-6-11)19(23)17-16(20)14-10-13-9-12(2)3-4-15(13)21-18(14)24-17/h3-4,9-11H,5-8,20H2,1-2H3. The van der Waals surface area contributed by atoms with Gasteiger partial charge in [0.25, 0.3) is 5.91 Å². The number of aromatic nitrogens is 1. The number of benzene rings is 1. The number of likely N-dealkylation sites (tertiary alicyclic amines) is 1. The van der Waals surface area contributed by atoms with Crippen molar-refractivity contribution in [1.82, 2.24) is 9.88 Å². The van der Waals surface area contributed by atoms with E-state index in [-0.39, 0.29) is 5.91 Å². The number of hydrogen-bond acceptors (Lipinski definition) is 4. The van der Waals surface area contributed by atoms with Gasteiger partial charge in [0.2, 0.25) is 0 Å². The SMILES string of the molecule is Cc1ccc2nc3sc(C(=O)N4CCC(C)CC4)c(N)c3cc2c1. The van der Waals surface area contributed by atoms with Crippen molar-refractivity contribution in [2.45, 2.75) is 26.7 Å². The second-order valence-electron chi connectivity index (χ2n) is 6.86. The molecule has 0 atom stereocenters. The smallest absolute Gasteiger partial charge is 0.266 e. The van der Waals surface area contributed by atoms with Crippen molar-refractivity contribution in [1.29, 1.82) is 0 Å². The summed E-state index contributed by atoms with van der Waals surface area (Å²) in [5, 5.41) is 1.96. The van der Waals surface area contributed by atoms with E-state index >= 15 is 0 Å². The number of pyridine rings is 1. The number of carbonyl (C=O) groups is 1. The number of rotatable bonds is 1. The van der Waals surface area contributed by atoms with E-state index in [4.69, 9.17) is 10.7 Å². The molecule has 0 unspecified atom stereocenters. The summed E-state index contributed by atoms with van der Waals surface area (Å²) >= 11 is 1.42. The maximum absolute atomic E-state index is 12.9. The van der Waals surface area contributed by atoms with Crippen LogP contribution in [0.25, 0.3) is 21.1 Å². The summed E-state index contributed by atoms with van der Waals surface area (Å²) in [6, 6.07) is 8.24. The zero-order chi connectivity index (χ0) is 16.8. The molecule has 1 amide bonds. The van der Waals surface area contributed by atoms with Crippen LogP contribution in [0.1, 0.15) is 35.0 Å². The van der Waals surface area contributed by atoms with Gasteiger partial charge in [-0.15, -0.1) is 11.3 Å². The fourth-order valence-corrected chi connectivity index (χ4v) is 4.39. The van der Waals surface area contributed by atoms with E-state index in [0.29, 0.717) is 16.5 Å². The number of thiophene rings is 1. The first-order chi connectivity index (χ1) is 11.5. The molecule has 3 aromatic rings. The van der Waals surface area contributed by atoms with Crippen molar-refractivity contribution in [3.63, 3.8) is 0 Å². The molecule has 0 aliphatic carbocycles. The Balaban J connectivity index is 1.77. The molecule has 0 spiro atoms. The van der Waals surface area contributed by atoms with E-state index in [2.05, 4.69) is 32.0 Å². The average molecular weight is 339 g/mol. The molecule has 0 saturated carbocycles. The maximum Gasteiger partial charge on any atom is 0.266 e. The molecule has 0 bridgehead atoms. The lowest BCUT2D eigenvalue weighted by molar-refractivity contribution is 0.0703. The number of carbonyl (C=O) groups excluding carboxylic acids is 1. The molecule has 1 aliphatic heterocycles. The Morgan fingerprint density at radius 3 is 2.79 bits per heavy atom. The molecule has 124 valence electrons. The second-order valence-corrected chi connectivity index (χ2v) is 7.86. The molecular formula is C19H21N3OS. The summed E-state index contributed by atoms with van der Waals surface area (Å²) in [5.74, 6) is 0.756. The van der Waals surface area contributed by atoms with Crippen LogP contribution in [-0.4, -0.2) is 28.9 Å². The average Bonchev–Trinajstić information content (AvgIpc) is 2.89. The Morgan fingerprint density at radius 2 is 2.04 bits per heavy atom. The predicted molar refractivity (Wildman–Crippen MR) is 101 cm³/mol. The largest absolute Gasteiger partial charge is 0.397 e. The van der Waals surface area contributed by atoms with E-state index in [1.54, 1.807) is 0 Å². The first-order valence-corrected chi connectivity index (χ1v) is 9.23. The third kappa shape index (κ3) is 2.53. The number of amides is 1. The van der Waals surface area contributed by atoms with Crippen LogP contribution >= 0.6 is 11.3 Å². The molecular weight excluding hydrogens is 318 g/mol. The Hall–Kier alpha value is -2.14. The Kier molecular flexibility index (Phi) is 3.68. The van der Waals surface area contributed by atoms with Gasteiger partial charge in [0.05, 0.1) is 11.2 Å². The van der Waals surface area contributed by atoms with Crippen LogP contribution in [0.2, 0.25) is 0 Å². The van der Waals surface area contributed by atoms with Crippen LogP contribution in [-0.2, 0) is 0 Å². The normalized spacial score (nSPS) is 16.2. The first-order valence-electron chi connectivity index (χ1n) is 8.41. The van der Waals surface area contributed by atoms with Crippen LogP contribution < -0.4 is 5.73 Å². The lowest BCUT2D eigenvalue weighted by Crippen LogP contribution is -2.37. The van der Waals surface area contributed by atoms with E-state index in [1.807, 2.05) is 11.0 Å². The highest BCUT2D eigenvalue weighted by molar-refractivity contribution is 7.21. The quantitative estimate of drug-likeness (QED) is 0.722. The lowest BCUT2D eigenvalue weighted by Gasteiger charge is -2.30. The van der Waals surface area contributed by atoms with Gasteiger partial charge in [-0.2, -0.15) is 0 Å². The summed E-state index contributed by atoms with van der Waals surface area (Å²) in [6.07, 6.45) is 2.13. The number of nitrogens with two attached hydrogens (primary N) is 1. The van der Waals surface area contributed by atoms with Crippen molar-refractivity contribution in [2.75, 3.05) is 18.8 Å². The molecule has 1 aromatic carbocycles. The minimum atomic E-state index is 0.0580. The van der Waals surface area contributed by atoms with Crippen molar-refractivity contribution < 1.29 is 4.79 Å². The monoisotopic (exact) mass is 339 g/mol. The third-order valence-corrected chi connectivity index (χ3v) is 6.04. The van der Waals surface area contributed by atoms with E-state index in [1.165, 1.54) is 16.9 Å². The van der Waals surface area contributed by atoms with Crippen molar-refractivity contribution in [3.05, 3.63) is 34.7 Å². The molecule has 5 heteroatoms. The molecule has 2 N–H and O–H groups in total. The van der Waals surface area contributed by atoms with Crippen LogP contribution in [0.4, 0.5) is 5.69 Å². The fraction of sp³-hybridized carbons (Fsp3) is 0.368. The highest BCUT2D eigenvalue weighted by atomic mass is 32.1. The van der Waals surface area contributed by atoms with Crippen molar-refractivity contribution in [3.8, 4) is 0 Å². The highest BCUT2D eigenvalue weighted by Crippen LogP contribution is 2.36. The van der Waals surface area contributed by atoms with Gasteiger partial charge in [0, 0.05) is 23.9 Å². The van der Waals surface area contributed by atoms with Gasteiger partial charge >= 0.3 is 0 Å². The van der Waals surface area contributed by atoms with Gasteiger partial charge < -0.3 is 10.6 Å². The second kappa shape index (κ2) is 5.74. The van der Waals surface area contributed by atoms with Crippen molar-refractivity contribution in [2.24, 2.45) is 5.92 Å². The molecule has 1 saturated heterocycles. The van der Waals surface area contributed by atoms with Crippen molar-refractivity contribution >= 4 is 44.1 Å². The minimum absolute atomic E-state index is 0.0580. The van der Waals surface area contributed by atoms with Crippen LogP contribution in [0.3, 0.4) is 0 Å². The van der Waals surface area contributed by atoms with Gasteiger partial charge in [0.15, 0.2) is 0 Å². The van der Waals surface area contributed by atoms with E-state index < -0.39 is 0 Å². The minimum Gasteiger partial charge on any atom is -0.397 e. The van der Waals surface area contributed by atoms with Gasteiger partial charge in [-0.05, 0) is 43.9 Å². The van der Waals surface area contributed by atoms with Gasteiger partial charge in [-0.3, -0.25) is 4.79 Å². The maximum atomic E-state index is 12.9. The molecule has 1 aliphatic rings. The van der Waals surface area contributed by atoms with E-state index in [0.717, 1.165) is 47.1 Å². The van der Waals surface area contributed by atoms with Gasteiger partial charge in [-0.25, -0.2) is 4.98 Å². The fourth-order valence-electron chi connectivity index (χ4n) is 3.34. The highest BCUT2D eigenvalue weighted by Gasteiger charge is 2.25. The van der Waals surface area contributed by atoms with Crippen LogP contribution in [0, 0.1) is 12.8 Å². The third-order valence-electron chi connectivity index (χ3n) is 4.93. The van der Waals surface area contributed by atoms with Gasteiger partial charge in [-0.1, -0.05) is 18.6 Å². The Bertz CT molecular complexity index is 939. The molecule has 0 radical (unpaired) electrons. The molecule has 3 heterocycles. The summed E-state index contributed by atoms with van der Waals surface area (Å²) < 4.78 is 0. The molecule has 2 aromatic heterocycles. The number of hydrogen-bond donors (Lipinski definition) is 1. The number of nitrogen functional groups attached to an aromatic ring is 1. The summed E-state index contributed by atoms with van der Waals surface area (Å²) in [6.45, 7) is 5.95. The summed E-state index contributed by atoms with van der Waals surface area (Å²) in [4.78, 5) is 21.0.